The lowest BCUT2D eigenvalue weighted by molar-refractivity contribution is 0.686. The molecule has 1 unspecified atom stereocenters. The quantitative estimate of drug-likeness (QED) is 0.292. The third-order valence-corrected chi connectivity index (χ3v) is 8.39. The van der Waals surface area contributed by atoms with Gasteiger partial charge in [-0.3, -0.25) is 4.99 Å². The zero-order valence-corrected chi connectivity index (χ0v) is 21.0. The highest BCUT2D eigenvalue weighted by Gasteiger charge is 2.25. The van der Waals surface area contributed by atoms with Crippen LogP contribution in [0.1, 0.15) is 51.9 Å². The van der Waals surface area contributed by atoms with Crippen LogP contribution >= 0.6 is 11.3 Å². The summed E-state index contributed by atoms with van der Waals surface area (Å²) < 4.78 is 2.39. The van der Waals surface area contributed by atoms with Crippen molar-refractivity contribution in [2.75, 3.05) is 0 Å². The van der Waals surface area contributed by atoms with E-state index < -0.39 is 0 Å². The van der Waals surface area contributed by atoms with E-state index in [1.54, 1.807) is 0 Å². The molecule has 6 rings (SSSR count). The van der Waals surface area contributed by atoms with Gasteiger partial charge in [0.15, 0.2) is 0 Å². The first-order valence-electron chi connectivity index (χ1n) is 12.3. The predicted octanol–water partition coefficient (Wildman–Crippen LogP) is 7.99. The summed E-state index contributed by atoms with van der Waals surface area (Å²) >= 11 is 1.85. The highest BCUT2D eigenvalue weighted by atomic mass is 32.1. The first kappa shape index (κ1) is 21.4. The Morgan fingerprint density at radius 2 is 1.91 bits per heavy atom. The highest BCUT2D eigenvalue weighted by Crippen LogP contribution is 2.39. The van der Waals surface area contributed by atoms with E-state index in [0.717, 1.165) is 25.7 Å². The fourth-order valence-corrected chi connectivity index (χ4v) is 6.45. The Morgan fingerprint density at radius 1 is 1.06 bits per heavy atom. The molecule has 2 nitrogen and oxygen atoms in total. The summed E-state index contributed by atoms with van der Waals surface area (Å²) in [5.74, 6) is 0.449. The molecule has 0 bridgehead atoms. The Morgan fingerprint density at radius 3 is 2.71 bits per heavy atom. The number of rotatable bonds is 4. The van der Waals surface area contributed by atoms with Crippen molar-refractivity contribution in [1.82, 2.24) is 4.57 Å². The molecule has 1 aliphatic heterocycles. The van der Waals surface area contributed by atoms with E-state index in [1.165, 1.54) is 60.0 Å². The Kier molecular flexibility index (Phi) is 5.38. The first-order valence-corrected chi connectivity index (χ1v) is 13.1. The van der Waals surface area contributed by atoms with Gasteiger partial charge in [0.2, 0.25) is 0 Å². The lowest BCUT2D eigenvalue weighted by Gasteiger charge is -2.25. The molecule has 4 aromatic rings. The van der Waals surface area contributed by atoms with Crippen molar-refractivity contribution in [2.24, 2.45) is 18.0 Å². The van der Waals surface area contributed by atoms with Crippen molar-refractivity contribution >= 4 is 39.7 Å². The number of aryl methyl sites for hydroxylation is 2. The molecule has 1 atom stereocenters. The standard InChI is InChI=1S/C31H30N2S/c1-20-17-27(23-9-5-4-6-10-23)32-31(30-16-13-21(2)34-30)25(20)18-22-14-15-29-26(19-22)24-11-7-8-12-28(24)33(29)3/h4-7,9-11,13-16,19-20H,8,12,17-18H2,1-3H3. The molecule has 2 aliphatic rings. The smallest absolute Gasteiger partial charge is 0.0803 e. The van der Waals surface area contributed by atoms with Gasteiger partial charge in [-0.25, -0.2) is 0 Å². The molecule has 34 heavy (non-hydrogen) atoms. The molecule has 170 valence electrons. The molecule has 3 heteroatoms. The van der Waals surface area contributed by atoms with Crippen LogP contribution in [-0.2, 0) is 19.9 Å². The predicted molar refractivity (Wildman–Crippen MR) is 147 cm³/mol. The van der Waals surface area contributed by atoms with Crippen LogP contribution in [0, 0.1) is 12.8 Å². The van der Waals surface area contributed by atoms with E-state index in [-0.39, 0.29) is 0 Å². The average molecular weight is 463 g/mol. The molecule has 0 radical (unpaired) electrons. The first-order chi connectivity index (χ1) is 16.6. The van der Waals surface area contributed by atoms with E-state index in [2.05, 4.69) is 98.3 Å². The molecule has 3 heterocycles. The molecule has 0 fully saturated rings. The van der Waals surface area contributed by atoms with Crippen LogP contribution in [0.25, 0.3) is 22.7 Å². The molecule has 1 aliphatic carbocycles. The second kappa shape index (κ2) is 8.56. The molecule has 0 N–H and O–H groups in total. The average Bonchev–Trinajstić information content (AvgIpc) is 3.42. The highest BCUT2D eigenvalue weighted by molar-refractivity contribution is 7.13. The van der Waals surface area contributed by atoms with Crippen LogP contribution in [-0.4, -0.2) is 10.3 Å². The van der Waals surface area contributed by atoms with E-state index >= 15 is 0 Å². The van der Waals surface area contributed by atoms with Gasteiger partial charge in [-0.2, -0.15) is 0 Å². The number of aliphatic imine (C=N–C) groups is 1. The lowest BCUT2D eigenvalue weighted by atomic mass is 9.84. The second-order valence-corrected chi connectivity index (χ2v) is 11.0. The molecule has 0 saturated heterocycles. The van der Waals surface area contributed by atoms with Crippen molar-refractivity contribution in [1.29, 1.82) is 0 Å². The summed E-state index contributed by atoms with van der Waals surface area (Å²) in [4.78, 5) is 7.91. The summed E-state index contributed by atoms with van der Waals surface area (Å²) in [6, 6.07) is 22.2. The number of hydrogen-bond acceptors (Lipinski definition) is 2. The number of aromatic nitrogens is 1. The number of allylic oxidation sites excluding steroid dienone is 2. The van der Waals surface area contributed by atoms with E-state index in [1.807, 2.05) is 11.3 Å². The van der Waals surface area contributed by atoms with Crippen LogP contribution in [0.5, 0.6) is 0 Å². The number of hydrogen-bond donors (Lipinski definition) is 0. The minimum Gasteiger partial charge on any atom is -0.347 e. The van der Waals surface area contributed by atoms with Crippen molar-refractivity contribution in [3.63, 3.8) is 0 Å². The lowest BCUT2D eigenvalue weighted by Crippen LogP contribution is -2.17. The van der Waals surface area contributed by atoms with Crippen LogP contribution < -0.4 is 0 Å². The zero-order valence-electron chi connectivity index (χ0n) is 20.1. The van der Waals surface area contributed by atoms with Gasteiger partial charge in [-0.1, -0.05) is 55.5 Å². The van der Waals surface area contributed by atoms with Crippen LogP contribution in [0.4, 0.5) is 0 Å². The topological polar surface area (TPSA) is 17.3 Å². The molecule has 0 spiro atoms. The summed E-state index contributed by atoms with van der Waals surface area (Å²) in [5, 5.41) is 1.39. The number of thiophene rings is 1. The maximum absolute atomic E-state index is 5.29. The van der Waals surface area contributed by atoms with Gasteiger partial charge in [-0.05, 0) is 79.5 Å². The molecule has 0 saturated carbocycles. The van der Waals surface area contributed by atoms with Gasteiger partial charge >= 0.3 is 0 Å². The molecular weight excluding hydrogens is 432 g/mol. The van der Waals surface area contributed by atoms with Gasteiger partial charge < -0.3 is 4.57 Å². The van der Waals surface area contributed by atoms with Crippen molar-refractivity contribution < 1.29 is 0 Å². The number of fused-ring (bicyclic) bond motifs is 3. The molecular formula is C31H30N2S. The summed E-state index contributed by atoms with van der Waals surface area (Å²) in [6.45, 7) is 4.56. The zero-order chi connectivity index (χ0) is 23.2. The number of nitrogens with zero attached hydrogens (tertiary/aromatic N) is 2. The monoisotopic (exact) mass is 462 g/mol. The van der Waals surface area contributed by atoms with Gasteiger partial charge in [0.25, 0.3) is 0 Å². The van der Waals surface area contributed by atoms with Crippen LogP contribution in [0.3, 0.4) is 0 Å². The third kappa shape index (κ3) is 3.69. The molecule has 2 aromatic heterocycles. The van der Waals surface area contributed by atoms with Gasteiger partial charge in [0, 0.05) is 39.8 Å². The Balaban J connectivity index is 1.46. The normalized spacial score (nSPS) is 17.9. The molecule has 0 amide bonds. The van der Waals surface area contributed by atoms with E-state index in [0.29, 0.717) is 5.92 Å². The summed E-state index contributed by atoms with van der Waals surface area (Å²) in [5.41, 5.74) is 10.7. The Labute approximate surface area is 206 Å². The maximum Gasteiger partial charge on any atom is 0.0803 e. The van der Waals surface area contributed by atoms with Crippen LogP contribution in [0.15, 0.2) is 77.3 Å². The minimum atomic E-state index is 0.449. The Hall–Kier alpha value is -3.17. The van der Waals surface area contributed by atoms with Crippen LogP contribution in [0.2, 0.25) is 0 Å². The maximum atomic E-state index is 5.29. The van der Waals surface area contributed by atoms with E-state index in [9.17, 15) is 0 Å². The number of benzene rings is 2. The van der Waals surface area contributed by atoms with Gasteiger partial charge in [0.1, 0.15) is 0 Å². The van der Waals surface area contributed by atoms with Crippen molar-refractivity contribution in [3.8, 4) is 0 Å². The Bertz CT molecular complexity index is 1480. The van der Waals surface area contributed by atoms with Crippen molar-refractivity contribution in [3.05, 3.63) is 104 Å². The summed E-state index contributed by atoms with van der Waals surface area (Å²) in [6.07, 6.45) is 8.84. The fraction of sp³-hybridized carbons (Fsp3) is 0.258. The van der Waals surface area contributed by atoms with Gasteiger partial charge in [0.05, 0.1) is 10.6 Å². The SMILES string of the molecule is Cc1ccc(C2=C(Cc3ccc4c(c3)c3c(n4C)CCC=C3)C(C)CC(c3ccccc3)=N2)s1. The van der Waals surface area contributed by atoms with Crippen molar-refractivity contribution in [2.45, 2.75) is 39.5 Å². The third-order valence-electron chi connectivity index (χ3n) is 7.38. The molecule has 2 aromatic carbocycles. The largest absolute Gasteiger partial charge is 0.347 e. The second-order valence-electron chi connectivity index (χ2n) is 9.70. The fourth-order valence-electron chi connectivity index (χ4n) is 5.56. The minimum absolute atomic E-state index is 0.449. The van der Waals surface area contributed by atoms with Gasteiger partial charge in [-0.15, -0.1) is 11.3 Å². The van der Waals surface area contributed by atoms with E-state index in [4.69, 9.17) is 4.99 Å². The summed E-state index contributed by atoms with van der Waals surface area (Å²) in [7, 11) is 2.21.